The smallest absolute Gasteiger partial charge is 0.271 e. The highest BCUT2D eigenvalue weighted by atomic mass is 19.4. The van der Waals surface area contributed by atoms with Gasteiger partial charge in [-0.2, -0.15) is 13.2 Å². The van der Waals surface area contributed by atoms with Crippen LogP contribution in [0.4, 0.5) is 13.2 Å². The van der Waals surface area contributed by atoms with E-state index in [0.717, 1.165) is 17.7 Å². The number of alkyl halides is 3. The maximum atomic E-state index is 12.6. The Balaban J connectivity index is 3.06. The predicted octanol–water partition coefficient (Wildman–Crippen LogP) is 4.14. The zero-order chi connectivity index (χ0) is 15.5. The van der Waals surface area contributed by atoms with Gasteiger partial charge in [0.05, 0.1) is 5.56 Å². The Bertz CT molecular complexity index is 402. The molecule has 5 heteroatoms. The molecule has 1 aromatic rings. The van der Waals surface area contributed by atoms with Crippen molar-refractivity contribution in [3.05, 3.63) is 35.4 Å². The van der Waals surface area contributed by atoms with E-state index in [1.807, 2.05) is 0 Å². The summed E-state index contributed by atoms with van der Waals surface area (Å²) in [7, 11) is 0. The number of rotatable bonds is 5. The average molecular weight is 288 g/mol. The highest BCUT2D eigenvalue weighted by molar-refractivity contribution is 5.27. The molecule has 0 amide bonds. The molecular weight excluding hydrogens is 265 g/mol. The molecule has 0 heterocycles. The standard InChI is InChI=1S/C15H23F3N2/c1-9(2)13(10(3)4)14(20-19)11-5-7-12(8-6-11)15(16,17)18/h5-10,13-14,20H,19H2,1-4H3. The molecule has 1 rings (SSSR count). The number of hydrazine groups is 1. The summed E-state index contributed by atoms with van der Waals surface area (Å²) in [6, 6.07) is 5.07. The van der Waals surface area contributed by atoms with E-state index in [9.17, 15) is 13.2 Å². The van der Waals surface area contributed by atoms with E-state index in [1.54, 1.807) is 0 Å². The molecule has 20 heavy (non-hydrogen) atoms. The van der Waals surface area contributed by atoms with Gasteiger partial charge in [0, 0.05) is 6.04 Å². The van der Waals surface area contributed by atoms with Crippen LogP contribution in [-0.4, -0.2) is 0 Å². The Morgan fingerprint density at radius 1 is 0.950 bits per heavy atom. The lowest BCUT2D eigenvalue weighted by molar-refractivity contribution is -0.137. The van der Waals surface area contributed by atoms with Gasteiger partial charge in [0.2, 0.25) is 0 Å². The number of hydrogen-bond acceptors (Lipinski definition) is 2. The highest BCUT2D eigenvalue weighted by Gasteiger charge is 2.32. The molecule has 0 saturated carbocycles. The van der Waals surface area contributed by atoms with E-state index in [2.05, 4.69) is 33.1 Å². The molecule has 0 radical (unpaired) electrons. The van der Waals surface area contributed by atoms with Gasteiger partial charge < -0.3 is 0 Å². The summed E-state index contributed by atoms with van der Waals surface area (Å²) in [5, 5.41) is 0. The van der Waals surface area contributed by atoms with E-state index in [-0.39, 0.29) is 12.0 Å². The van der Waals surface area contributed by atoms with Crippen LogP contribution in [0.2, 0.25) is 0 Å². The lowest BCUT2D eigenvalue weighted by Gasteiger charge is -2.33. The minimum Gasteiger partial charge on any atom is -0.271 e. The Morgan fingerprint density at radius 3 is 1.70 bits per heavy atom. The highest BCUT2D eigenvalue weighted by Crippen LogP contribution is 2.35. The Morgan fingerprint density at radius 2 is 1.40 bits per heavy atom. The van der Waals surface area contributed by atoms with Crippen molar-refractivity contribution in [1.82, 2.24) is 5.43 Å². The van der Waals surface area contributed by atoms with Crippen molar-refractivity contribution < 1.29 is 13.2 Å². The molecule has 0 aromatic heterocycles. The maximum absolute atomic E-state index is 12.6. The third-order valence-electron chi connectivity index (χ3n) is 3.70. The molecular formula is C15H23F3N2. The quantitative estimate of drug-likeness (QED) is 0.631. The zero-order valence-corrected chi connectivity index (χ0v) is 12.3. The van der Waals surface area contributed by atoms with E-state index in [4.69, 9.17) is 5.84 Å². The fraction of sp³-hybridized carbons (Fsp3) is 0.600. The number of benzene rings is 1. The molecule has 0 aliphatic carbocycles. The van der Waals surface area contributed by atoms with Crippen LogP contribution in [0.3, 0.4) is 0 Å². The molecule has 1 aromatic carbocycles. The number of nitrogens with one attached hydrogen (secondary N) is 1. The minimum absolute atomic E-state index is 0.155. The fourth-order valence-corrected chi connectivity index (χ4v) is 2.85. The summed E-state index contributed by atoms with van der Waals surface area (Å²) in [5.74, 6) is 6.63. The summed E-state index contributed by atoms with van der Waals surface area (Å²) in [4.78, 5) is 0. The van der Waals surface area contributed by atoms with E-state index in [1.165, 1.54) is 12.1 Å². The number of nitrogens with two attached hydrogens (primary N) is 1. The summed E-state index contributed by atoms with van der Waals surface area (Å²) in [5.41, 5.74) is 2.91. The molecule has 0 saturated heterocycles. The van der Waals surface area contributed by atoms with Crippen molar-refractivity contribution in [2.24, 2.45) is 23.6 Å². The molecule has 0 aliphatic heterocycles. The molecule has 0 fully saturated rings. The van der Waals surface area contributed by atoms with Gasteiger partial charge in [-0.1, -0.05) is 39.8 Å². The van der Waals surface area contributed by atoms with E-state index < -0.39 is 11.7 Å². The molecule has 1 unspecified atom stereocenters. The van der Waals surface area contributed by atoms with Gasteiger partial charge in [-0.15, -0.1) is 0 Å². The van der Waals surface area contributed by atoms with E-state index >= 15 is 0 Å². The van der Waals surface area contributed by atoms with Crippen LogP contribution >= 0.6 is 0 Å². The van der Waals surface area contributed by atoms with Gasteiger partial charge in [0.1, 0.15) is 0 Å². The van der Waals surface area contributed by atoms with Gasteiger partial charge in [-0.25, -0.2) is 0 Å². The molecule has 1 atom stereocenters. The first-order valence-electron chi connectivity index (χ1n) is 6.81. The second-order valence-corrected chi connectivity index (χ2v) is 5.83. The molecule has 0 bridgehead atoms. The van der Waals surface area contributed by atoms with Crippen LogP contribution in [0.1, 0.15) is 44.9 Å². The van der Waals surface area contributed by atoms with Crippen molar-refractivity contribution in [1.29, 1.82) is 0 Å². The van der Waals surface area contributed by atoms with Gasteiger partial charge in [-0.3, -0.25) is 11.3 Å². The normalized spacial score (nSPS) is 14.3. The van der Waals surface area contributed by atoms with E-state index in [0.29, 0.717) is 11.8 Å². The third-order valence-corrected chi connectivity index (χ3v) is 3.70. The molecule has 114 valence electrons. The SMILES string of the molecule is CC(C)C(C(C)C)C(NN)c1ccc(C(F)(F)F)cc1. The second kappa shape index (κ2) is 6.59. The van der Waals surface area contributed by atoms with Crippen molar-refractivity contribution >= 4 is 0 Å². The van der Waals surface area contributed by atoms with Crippen molar-refractivity contribution in [2.75, 3.05) is 0 Å². The number of hydrogen-bond donors (Lipinski definition) is 2. The first-order chi connectivity index (χ1) is 9.18. The summed E-state index contributed by atoms with van der Waals surface area (Å²) < 4.78 is 37.7. The number of halogens is 3. The van der Waals surface area contributed by atoms with Crippen molar-refractivity contribution in [3.8, 4) is 0 Å². The van der Waals surface area contributed by atoms with Crippen LogP contribution in [0, 0.1) is 17.8 Å². The molecule has 3 N–H and O–H groups in total. The Kier molecular flexibility index (Phi) is 5.59. The molecule has 0 spiro atoms. The monoisotopic (exact) mass is 288 g/mol. The van der Waals surface area contributed by atoms with Gasteiger partial charge in [0.25, 0.3) is 0 Å². The maximum Gasteiger partial charge on any atom is 0.416 e. The molecule has 2 nitrogen and oxygen atoms in total. The lowest BCUT2D eigenvalue weighted by atomic mass is 9.77. The Hall–Kier alpha value is -1.07. The molecule has 0 aliphatic rings. The summed E-state index contributed by atoms with van der Waals surface area (Å²) >= 11 is 0. The topological polar surface area (TPSA) is 38.0 Å². The lowest BCUT2D eigenvalue weighted by Crippen LogP contribution is -2.38. The fourth-order valence-electron chi connectivity index (χ4n) is 2.85. The predicted molar refractivity (Wildman–Crippen MR) is 74.7 cm³/mol. The third kappa shape index (κ3) is 3.96. The van der Waals surface area contributed by atoms with Gasteiger partial charge in [-0.05, 0) is 35.4 Å². The van der Waals surface area contributed by atoms with Gasteiger partial charge >= 0.3 is 6.18 Å². The summed E-state index contributed by atoms with van der Waals surface area (Å²) in [6.45, 7) is 8.39. The van der Waals surface area contributed by atoms with Crippen LogP contribution in [0.5, 0.6) is 0 Å². The van der Waals surface area contributed by atoms with Crippen molar-refractivity contribution in [3.63, 3.8) is 0 Å². The van der Waals surface area contributed by atoms with Crippen LogP contribution < -0.4 is 11.3 Å². The summed E-state index contributed by atoms with van der Waals surface area (Å²) in [6.07, 6.45) is -4.31. The van der Waals surface area contributed by atoms with Gasteiger partial charge in [0.15, 0.2) is 0 Å². The van der Waals surface area contributed by atoms with Crippen LogP contribution in [0.25, 0.3) is 0 Å². The second-order valence-electron chi connectivity index (χ2n) is 5.83. The minimum atomic E-state index is -4.31. The average Bonchev–Trinajstić information content (AvgIpc) is 2.33. The van der Waals surface area contributed by atoms with Crippen LogP contribution in [0.15, 0.2) is 24.3 Å². The zero-order valence-electron chi connectivity index (χ0n) is 12.3. The largest absolute Gasteiger partial charge is 0.416 e. The first kappa shape index (κ1) is 17.0. The Labute approximate surface area is 118 Å². The van der Waals surface area contributed by atoms with Crippen molar-refractivity contribution in [2.45, 2.75) is 39.9 Å². The van der Waals surface area contributed by atoms with Crippen LogP contribution in [-0.2, 0) is 6.18 Å². The first-order valence-corrected chi connectivity index (χ1v) is 6.81.